The molecule has 5 heteroatoms. The van der Waals surface area contributed by atoms with E-state index in [1.165, 1.54) is 0 Å². The summed E-state index contributed by atoms with van der Waals surface area (Å²) in [5, 5.41) is 0. The van der Waals surface area contributed by atoms with Crippen molar-refractivity contribution in [1.29, 1.82) is 0 Å². The third-order valence-corrected chi connectivity index (χ3v) is 2.84. The molecule has 0 aliphatic carbocycles. The van der Waals surface area contributed by atoms with Gasteiger partial charge in [0, 0.05) is 4.47 Å². The second-order valence-electron chi connectivity index (χ2n) is 3.64. The van der Waals surface area contributed by atoms with E-state index in [-0.39, 0.29) is 0 Å². The molecule has 4 nitrogen and oxygen atoms in total. The fourth-order valence-corrected chi connectivity index (χ4v) is 1.82. The lowest BCUT2D eigenvalue weighted by Crippen LogP contribution is -2.12. The highest BCUT2D eigenvalue weighted by atomic mass is 79.9. The Balaban J connectivity index is 2.42. The fraction of sp³-hybridized carbons (Fsp3) is 0. The molecule has 0 aliphatic rings. The number of carbonyl (C=O) groups excluding carboxylic acids is 1. The normalized spacial score (nSPS) is 10.1. The number of anilines is 1. The average molecular weight is 307 g/mol. The van der Waals surface area contributed by atoms with E-state index in [2.05, 4.69) is 15.9 Å². The quantitative estimate of drug-likeness (QED) is 0.856. The molecule has 0 aliphatic heterocycles. The molecule has 2 aromatic rings. The SMILES string of the molecule is NC(=O)c1ccc(Br)cc1Oc1ccccc1N. The summed E-state index contributed by atoms with van der Waals surface area (Å²) in [6.07, 6.45) is 0. The summed E-state index contributed by atoms with van der Waals surface area (Å²) in [7, 11) is 0. The van der Waals surface area contributed by atoms with Gasteiger partial charge < -0.3 is 16.2 Å². The molecule has 0 radical (unpaired) electrons. The van der Waals surface area contributed by atoms with E-state index in [4.69, 9.17) is 16.2 Å². The van der Waals surface area contributed by atoms with Gasteiger partial charge >= 0.3 is 0 Å². The van der Waals surface area contributed by atoms with E-state index in [0.29, 0.717) is 22.7 Å². The van der Waals surface area contributed by atoms with E-state index in [1.807, 2.05) is 0 Å². The monoisotopic (exact) mass is 306 g/mol. The molecule has 0 unspecified atom stereocenters. The fourth-order valence-electron chi connectivity index (χ4n) is 1.48. The maximum Gasteiger partial charge on any atom is 0.252 e. The van der Waals surface area contributed by atoms with Crippen LogP contribution in [0.3, 0.4) is 0 Å². The summed E-state index contributed by atoms with van der Waals surface area (Å²) in [6, 6.07) is 12.0. The Morgan fingerprint density at radius 3 is 2.50 bits per heavy atom. The molecule has 0 bridgehead atoms. The van der Waals surface area contributed by atoms with Gasteiger partial charge in [-0.2, -0.15) is 0 Å². The van der Waals surface area contributed by atoms with Gasteiger partial charge in [-0.1, -0.05) is 28.1 Å². The number of hydrogen-bond donors (Lipinski definition) is 2. The average Bonchev–Trinajstić information content (AvgIpc) is 2.32. The molecule has 2 aromatic carbocycles. The first-order valence-corrected chi connectivity index (χ1v) is 5.99. The van der Waals surface area contributed by atoms with E-state index >= 15 is 0 Å². The third-order valence-electron chi connectivity index (χ3n) is 2.35. The van der Waals surface area contributed by atoms with Crippen LogP contribution in [-0.2, 0) is 0 Å². The van der Waals surface area contributed by atoms with Crippen LogP contribution in [0.1, 0.15) is 10.4 Å². The molecule has 2 rings (SSSR count). The molecule has 0 saturated heterocycles. The first kappa shape index (κ1) is 12.4. The van der Waals surface area contributed by atoms with Crippen LogP contribution in [0.15, 0.2) is 46.9 Å². The minimum atomic E-state index is -0.549. The number of primary amides is 1. The van der Waals surface area contributed by atoms with Gasteiger partial charge in [0.1, 0.15) is 11.5 Å². The van der Waals surface area contributed by atoms with Crippen molar-refractivity contribution in [1.82, 2.24) is 0 Å². The second kappa shape index (κ2) is 5.10. The van der Waals surface area contributed by atoms with Gasteiger partial charge in [-0.25, -0.2) is 0 Å². The predicted molar refractivity (Wildman–Crippen MR) is 73.6 cm³/mol. The Labute approximate surface area is 113 Å². The predicted octanol–water partition coefficient (Wildman–Crippen LogP) is 2.92. The van der Waals surface area contributed by atoms with E-state index in [1.54, 1.807) is 42.5 Å². The Morgan fingerprint density at radius 2 is 1.83 bits per heavy atom. The molecule has 18 heavy (non-hydrogen) atoms. The minimum Gasteiger partial charge on any atom is -0.454 e. The highest BCUT2D eigenvalue weighted by molar-refractivity contribution is 9.10. The van der Waals surface area contributed by atoms with Crippen LogP contribution in [0.4, 0.5) is 5.69 Å². The van der Waals surface area contributed by atoms with E-state index < -0.39 is 5.91 Å². The second-order valence-corrected chi connectivity index (χ2v) is 4.56. The molecule has 0 aromatic heterocycles. The summed E-state index contributed by atoms with van der Waals surface area (Å²) in [6.45, 7) is 0. The van der Waals surface area contributed by atoms with Gasteiger partial charge in [0.05, 0.1) is 11.3 Å². The summed E-state index contributed by atoms with van der Waals surface area (Å²) in [4.78, 5) is 11.3. The number of nitrogens with two attached hydrogens (primary N) is 2. The lowest BCUT2D eigenvalue weighted by atomic mass is 10.2. The van der Waals surface area contributed by atoms with Crippen molar-refractivity contribution < 1.29 is 9.53 Å². The third kappa shape index (κ3) is 2.62. The largest absolute Gasteiger partial charge is 0.454 e. The molecular formula is C13H11BrN2O2. The van der Waals surface area contributed by atoms with Crippen molar-refractivity contribution in [2.24, 2.45) is 5.73 Å². The summed E-state index contributed by atoms with van der Waals surface area (Å²) in [5.41, 5.74) is 11.9. The Bertz CT molecular complexity index is 599. The molecule has 0 heterocycles. The van der Waals surface area contributed by atoms with Crippen molar-refractivity contribution in [3.63, 3.8) is 0 Å². The zero-order chi connectivity index (χ0) is 13.1. The molecule has 1 amide bonds. The number of amides is 1. The zero-order valence-corrected chi connectivity index (χ0v) is 11.0. The van der Waals surface area contributed by atoms with E-state index in [0.717, 1.165) is 4.47 Å². The maximum atomic E-state index is 11.3. The van der Waals surface area contributed by atoms with Crippen molar-refractivity contribution in [3.05, 3.63) is 52.5 Å². The van der Waals surface area contributed by atoms with Gasteiger partial charge in [-0.15, -0.1) is 0 Å². The van der Waals surface area contributed by atoms with E-state index in [9.17, 15) is 4.79 Å². The Hall–Kier alpha value is -2.01. The van der Waals surface area contributed by atoms with Crippen LogP contribution in [0, 0.1) is 0 Å². The molecule has 4 N–H and O–H groups in total. The van der Waals surface area contributed by atoms with Gasteiger partial charge in [-0.05, 0) is 30.3 Å². The number of ether oxygens (including phenoxy) is 1. The van der Waals surface area contributed by atoms with Crippen molar-refractivity contribution in [2.75, 3.05) is 5.73 Å². The highest BCUT2D eigenvalue weighted by Gasteiger charge is 2.11. The number of halogens is 1. The molecule has 0 fully saturated rings. The van der Waals surface area contributed by atoms with Gasteiger partial charge in [0.15, 0.2) is 0 Å². The number of carbonyl (C=O) groups is 1. The van der Waals surface area contributed by atoms with Crippen LogP contribution in [0.25, 0.3) is 0 Å². The Kier molecular flexibility index (Phi) is 3.53. The molecular weight excluding hydrogens is 296 g/mol. The summed E-state index contributed by atoms with van der Waals surface area (Å²) >= 11 is 3.31. The van der Waals surface area contributed by atoms with Crippen LogP contribution >= 0.6 is 15.9 Å². The zero-order valence-electron chi connectivity index (χ0n) is 9.39. The smallest absolute Gasteiger partial charge is 0.252 e. The number of hydrogen-bond acceptors (Lipinski definition) is 3. The number of rotatable bonds is 3. The summed E-state index contributed by atoms with van der Waals surface area (Å²) < 4.78 is 6.42. The standard InChI is InChI=1S/C13H11BrN2O2/c14-8-5-6-9(13(16)17)12(7-8)18-11-4-2-1-3-10(11)15/h1-7H,15H2,(H2,16,17). The lowest BCUT2D eigenvalue weighted by Gasteiger charge is -2.11. The number of nitrogen functional groups attached to an aromatic ring is 1. The molecule has 0 atom stereocenters. The molecule has 0 saturated carbocycles. The molecule has 92 valence electrons. The van der Waals surface area contributed by atoms with Crippen LogP contribution in [0.5, 0.6) is 11.5 Å². The topological polar surface area (TPSA) is 78.3 Å². The Morgan fingerprint density at radius 1 is 1.11 bits per heavy atom. The van der Waals surface area contributed by atoms with Crippen molar-refractivity contribution >= 4 is 27.5 Å². The minimum absolute atomic E-state index is 0.307. The molecule has 0 spiro atoms. The lowest BCUT2D eigenvalue weighted by molar-refractivity contribution is 0.0998. The summed E-state index contributed by atoms with van der Waals surface area (Å²) in [5.74, 6) is 0.305. The van der Waals surface area contributed by atoms with Crippen molar-refractivity contribution in [2.45, 2.75) is 0 Å². The van der Waals surface area contributed by atoms with Gasteiger partial charge in [0.25, 0.3) is 5.91 Å². The van der Waals surface area contributed by atoms with Crippen LogP contribution in [0.2, 0.25) is 0 Å². The van der Waals surface area contributed by atoms with Crippen LogP contribution < -0.4 is 16.2 Å². The maximum absolute atomic E-state index is 11.3. The van der Waals surface area contributed by atoms with Crippen LogP contribution in [-0.4, -0.2) is 5.91 Å². The number of benzene rings is 2. The number of para-hydroxylation sites is 2. The van der Waals surface area contributed by atoms with Gasteiger partial charge in [0.2, 0.25) is 0 Å². The van der Waals surface area contributed by atoms with Crippen molar-refractivity contribution in [3.8, 4) is 11.5 Å². The first-order chi connectivity index (χ1) is 8.58. The highest BCUT2D eigenvalue weighted by Crippen LogP contribution is 2.31. The first-order valence-electron chi connectivity index (χ1n) is 5.19. The van der Waals surface area contributed by atoms with Gasteiger partial charge in [-0.3, -0.25) is 4.79 Å².